The molecular weight excluding hydrogens is 541 g/mol. The molecule has 1 aliphatic rings. The summed E-state index contributed by atoms with van der Waals surface area (Å²) in [6, 6.07) is 13.5. The quantitative estimate of drug-likeness (QED) is 0.299. The van der Waals surface area contributed by atoms with Crippen LogP contribution >= 0.6 is 22.6 Å². The number of likely N-dealkylation sites (tertiary alicyclic amines) is 1. The summed E-state index contributed by atoms with van der Waals surface area (Å²) >= 11 is 1.19. The number of benzene rings is 1. The van der Waals surface area contributed by atoms with Crippen molar-refractivity contribution in [1.82, 2.24) is 19.7 Å². The molecule has 4 rings (SSSR count). The lowest BCUT2D eigenvalue weighted by atomic mass is 9.97. The van der Waals surface area contributed by atoms with Crippen LogP contribution < -0.4 is 4.74 Å². The summed E-state index contributed by atoms with van der Waals surface area (Å²) in [4.78, 5) is 19.3. The number of alkyl halides is 3. The molecule has 9 heteroatoms. The molecule has 3 heterocycles. The topological polar surface area (TPSA) is 60.2 Å². The Hall–Kier alpha value is -2.56. The molecule has 0 spiro atoms. The molecule has 6 nitrogen and oxygen atoms in total. The molecule has 174 valence electrons. The van der Waals surface area contributed by atoms with Crippen LogP contribution in [0.15, 0.2) is 48.7 Å². The summed E-state index contributed by atoms with van der Waals surface area (Å²) in [6.45, 7) is 4.77. The number of hydrogen-bond acceptors (Lipinski definition) is 4. The molecule has 0 atom stereocenters. The predicted octanol–water partition coefficient (Wildman–Crippen LogP) is 5.34. The largest absolute Gasteiger partial charge is 0.473 e. The number of carbonyl (C=O) groups is 1. The molecule has 1 aromatic carbocycles. The highest BCUT2D eigenvalue weighted by Gasteiger charge is 2.39. The maximum atomic E-state index is 13.6. The molecule has 33 heavy (non-hydrogen) atoms. The maximum absolute atomic E-state index is 13.6. The molecule has 1 saturated heterocycles. The Morgan fingerprint density at radius 2 is 1.88 bits per heavy atom. The van der Waals surface area contributed by atoms with E-state index in [1.54, 1.807) is 16.5 Å². The van der Waals surface area contributed by atoms with Crippen molar-refractivity contribution in [2.75, 3.05) is 13.1 Å². The highest BCUT2D eigenvalue weighted by Crippen LogP contribution is 2.38. The molecule has 1 amide bonds. The van der Waals surface area contributed by atoms with Gasteiger partial charge < -0.3 is 9.64 Å². The van der Waals surface area contributed by atoms with Crippen LogP contribution in [0.4, 0.5) is 8.78 Å². The van der Waals surface area contributed by atoms with Gasteiger partial charge in [0, 0.05) is 25.1 Å². The third-order valence-corrected chi connectivity index (χ3v) is 6.75. The highest BCUT2D eigenvalue weighted by molar-refractivity contribution is 14.1. The molecule has 1 fully saturated rings. The fourth-order valence-corrected chi connectivity index (χ4v) is 4.59. The summed E-state index contributed by atoms with van der Waals surface area (Å²) < 4.78 is 31.9. The van der Waals surface area contributed by atoms with E-state index in [1.807, 2.05) is 49.4 Å². The van der Waals surface area contributed by atoms with Crippen LogP contribution in [-0.4, -0.2) is 42.6 Å². The van der Waals surface area contributed by atoms with Gasteiger partial charge in [-0.25, -0.2) is 4.68 Å². The number of aryl methyl sites for hydroxylation is 1. The van der Waals surface area contributed by atoms with Crippen molar-refractivity contribution in [3.8, 4) is 11.7 Å². The van der Waals surface area contributed by atoms with Gasteiger partial charge in [0.2, 0.25) is 5.88 Å². The molecule has 1 aliphatic heterocycles. The Labute approximate surface area is 205 Å². The van der Waals surface area contributed by atoms with Gasteiger partial charge in [-0.2, -0.15) is 18.9 Å². The lowest BCUT2D eigenvalue weighted by Crippen LogP contribution is -2.41. The van der Waals surface area contributed by atoms with E-state index in [-0.39, 0.29) is 18.7 Å². The number of ether oxygens (including phenoxy) is 1. The van der Waals surface area contributed by atoms with E-state index in [2.05, 4.69) is 10.1 Å². The molecular formula is C24H25F2IN4O2. The zero-order valence-corrected chi connectivity index (χ0v) is 20.6. The number of pyridine rings is 1. The number of hydrogen-bond donors (Lipinski definition) is 0. The average molecular weight is 566 g/mol. The van der Waals surface area contributed by atoms with Crippen molar-refractivity contribution >= 4 is 28.5 Å². The van der Waals surface area contributed by atoms with E-state index < -0.39 is 9.85 Å². The van der Waals surface area contributed by atoms with Crippen molar-refractivity contribution in [3.05, 3.63) is 71.0 Å². The number of halogens is 3. The number of rotatable bonds is 6. The van der Waals surface area contributed by atoms with Crippen LogP contribution in [0.5, 0.6) is 5.88 Å². The Balaban J connectivity index is 1.49. The Bertz CT molecular complexity index is 1120. The van der Waals surface area contributed by atoms with E-state index in [0.29, 0.717) is 42.7 Å². The van der Waals surface area contributed by atoms with Gasteiger partial charge in [0.25, 0.3) is 9.84 Å². The first kappa shape index (κ1) is 23.6. The molecule has 0 radical (unpaired) electrons. The lowest BCUT2D eigenvalue weighted by molar-refractivity contribution is 0.0186. The average Bonchev–Trinajstić information content (AvgIpc) is 3.18. The summed E-state index contributed by atoms with van der Waals surface area (Å²) in [5, 5.41) is 4.39. The van der Waals surface area contributed by atoms with Gasteiger partial charge in [0.05, 0.1) is 17.5 Å². The first-order valence-electron chi connectivity index (χ1n) is 10.8. The van der Waals surface area contributed by atoms with E-state index in [0.717, 1.165) is 11.1 Å². The van der Waals surface area contributed by atoms with E-state index in [1.165, 1.54) is 28.8 Å². The van der Waals surface area contributed by atoms with Gasteiger partial charge in [0.15, 0.2) is 5.82 Å². The zero-order valence-electron chi connectivity index (χ0n) is 18.5. The number of nitrogens with zero attached hydrogens (tertiary/aromatic N) is 4. The minimum Gasteiger partial charge on any atom is -0.473 e. The van der Waals surface area contributed by atoms with Crippen molar-refractivity contribution in [3.63, 3.8) is 0 Å². The standard InChI is InChI=1S/C24H25F2IN4O2/c1-16-12-21(29-22(13-16)33-15-18-6-4-3-5-7-18)31-17(2)20(14-28-31)23(32)30-10-8-19(9-11-30)24(25,26)27/h3-7,12-14,19H,8-11,15H2,1-2H3. The van der Waals surface area contributed by atoms with E-state index in [4.69, 9.17) is 4.74 Å². The van der Waals surface area contributed by atoms with Gasteiger partial charge >= 0.3 is 0 Å². The normalized spacial score (nSPS) is 15.0. The Morgan fingerprint density at radius 1 is 1.18 bits per heavy atom. The van der Waals surface area contributed by atoms with Crippen LogP contribution in [0.1, 0.15) is 40.0 Å². The highest BCUT2D eigenvalue weighted by atomic mass is 127. The number of aromatic nitrogens is 3. The molecule has 3 aromatic rings. The summed E-state index contributed by atoms with van der Waals surface area (Å²) in [5.74, 6) is 0.134. The summed E-state index contributed by atoms with van der Waals surface area (Å²) in [5.41, 5.74) is 3.08. The Morgan fingerprint density at radius 3 is 2.55 bits per heavy atom. The van der Waals surface area contributed by atoms with E-state index >= 15 is 0 Å². The fraction of sp³-hybridized carbons (Fsp3) is 0.375. The van der Waals surface area contributed by atoms with Crippen LogP contribution in [0, 0.1) is 19.8 Å². The minimum atomic E-state index is -2.75. The van der Waals surface area contributed by atoms with Crippen molar-refractivity contribution < 1.29 is 18.3 Å². The second-order valence-electron chi connectivity index (χ2n) is 8.28. The van der Waals surface area contributed by atoms with Gasteiger partial charge in [-0.3, -0.25) is 4.79 Å². The lowest BCUT2D eigenvalue weighted by Gasteiger charge is -2.33. The number of piperidine rings is 1. The van der Waals surface area contributed by atoms with Gasteiger partial charge in [0.1, 0.15) is 6.61 Å². The molecule has 2 aromatic heterocycles. The molecule has 0 saturated carbocycles. The SMILES string of the molecule is Cc1cc(OCc2ccccc2)nc(-n2ncc(C(=O)N3CCC(C(F)(F)I)CC3)c2C)c1. The van der Waals surface area contributed by atoms with Crippen LogP contribution in [0.3, 0.4) is 0 Å². The third kappa shape index (κ3) is 5.51. The second kappa shape index (κ2) is 9.74. The third-order valence-electron chi connectivity index (χ3n) is 5.86. The summed E-state index contributed by atoms with van der Waals surface area (Å²) in [7, 11) is 0. The van der Waals surface area contributed by atoms with E-state index in [9.17, 15) is 13.6 Å². The van der Waals surface area contributed by atoms with Crippen LogP contribution in [-0.2, 0) is 6.61 Å². The predicted molar refractivity (Wildman–Crippen MR) is 129 cm³/mol. The maximum Gasteiger partial charge on any atom is 0.299 e. The fourth-order valence-electron chi connectivity index (χ4n) is 3.96. The number of carbonyl (C=O) groups excluding carboxylic acids is 1. The van der Waals surface area contributed by atoms with Crippen molar-refractivity contribution in [2.24, 2.45) is 5.92 Å². The zero-order chi connectivity index (χ0) is 23.6. The smallest absolute Gasteiger partial charge is 0.299 e. The minimum absolute atomic E-state index is 0.192. The van der Waals surface area contributed by atoms with Crippen molar-refractivity contribution in [1.29, 1.82) is 0 Å². The Kier molecular flexibility index (Phi) is 6.96. The van der Waals surface area contributed by atoms with Crippen LogP contribution in [0.2, 0.25) is 0 Å². The molecule has 0 N–H and O–H groups in total. The number of amides is 1. The molecule has 0 aliphatic carbocycles. The first-order valence-corrected chi connectivity index (χ1v) is 11.9. The van der Waals surface area contributed by atoms with Gasteiger partial charge in [-0.05, 0) is 66.5 Å². The van der Waals surface area contributed by atoms with Crippen molar-refractivity contribution in [2.45, 2.75) is 37.2 Å². The molecule has 0 unspecified atom stereocenters. The first-order chi connectivity index (χ1) is 15.7. The summed E-state index contributed by atoms with van der Waals surface area (Å²) in [6.07, 6.45) is 2.10. The molecule has 0 bridgehead atoms. The van der Waals surface area contributed by atoms with Crippen LogP contribution in [0.25, 0.3) is 5.82 Å². The van der Waals surface area contributed by atoms with Gasteiger partial charge in [-0.1, -0.05) is 30.3 Å². The van der Waals surface area contributed by atoms with Gasteiger partial charge in [-0.15, -0.1) is 0 Å². The second-order valence-corrected chi connectivity index (χ2v) is 9.72. The monoisotopic (exact) mass is 566 g/mol.